The maximum atomic E-state index is 12.1. The highest BCUT2D eigenvalue weighted by atomic mass is 127. The van der Waals surface area contributed by atoms with E-state index in [-0.39, 0.29) is 17.9 Å². The van der Waals surface area contributed by atoms with Gasteiger partial charge in [0.2, 0.25) is 0 Å². The largest absolute Gasteiger partial charge is 0.449 e. The molecule has 2 aliphatic rings. The van der Waals surface area contributed by atoms with Crippen molar-refractivity contribution in [1.29, 1.82) is 5.26 Å². The van der Waals surface area contributed by atoms with E-state index in [0.29, 0.717) is 0 Å². The standard InChI is InChI=1S/C10H10I2N2O3S/c1-9(2)5(6(15)17-4-3-13)14-7(16)10(11,12)8(14)18-9/h5,8H,4H2,1-2H3/t5-,8+/m0/s1. The van der Waals surface area contributed by atoms with Crippen LogP contribution in [0.25, 0.3) is 0 Å². The number of amides is 1. The van der Waals surface area contributed by atoms with Crippen LogP contribution in [0.2, 0.25) is 0 Å². The minimum absolute atomic E-state index is 0.0131. The highest BCUT2D eigenvalue weighted by molar-refractivity contribution is 14.2. The summed E-state index contributed by atoms with van der Waals surface area (Å²) in [5, 5.41) is 8.43. The van der Waals surface area contributed by atoms with Crippen molar-refractivity contribution in [3.05, 3.63) is 0 Å². The summed E-state index contributed by atoms with van der Waals surface area (Å²) in [6.45, 7) is 3.57. The fraction of sp³-hybridized carbons (Fsp3) is 0.700. The maximum Gasteiger partial charge on any atom is 0.331 e. The molecule has 1 amide bonds. The van der Waals surface area contributed by atoms with E-state index in [0.717, 1.165) is 0 Å². The Morgan fingerprint density at radius 1 is 1.61 bits per heavy atom. The molecule has 0 bridgehead atoms. The van der Waals surface area contributed by atoms with Gasteiger partial charge in [0.15, 0.2) is 8.04 Å². The maximum absolute atomic E-state index is 12.1. The number of nitriles is 1. The van der Waals surface area contributed by atoms with E-state index in [1.807, 2.05) is 13.8 Å². The van der Waals surface area contributed by atoms with Gasteiger partial charge in [-0.25, -0.2) is 4.79 Å². The first-order valence-electron chi connectivity index (χ1n) is 5.15. The summed E-state index contributed by atoms with van der Waals surface area (Å²) in [6.07, 6.45) is 0. The molecule has 2 heterocycles. The Morgan fingerprint density at radius 2 is 2.22 bits per heavy atom. The zero-order valence-electron chi connectivity index (χ0n) is 9.65. The van der Waals surface area contributed by atoms with E-state index in [1.165, 1.54) is 0 Å². The first-order chi connectivity index (χ1) is 8.23. The van der Waals surface area contributed by atoms with Gasteiger partial charge in [0.05, 0.1) is 0 Å². The lowest BCUT2D eigenvalue weighted by atomic mass is 9.98. The van der Waals surface area contributed by atoms with Crippen LogP contribution >= 0.6 is 56.9 Å². The molecule has 0 spiro atoms. The molecule has 2 saturated heterocycles. The predicted octanol–water partition coefficient (Wildman–Crippen LogP) is 1.68. The van der Waals surface area contributed by atoms with Crippen LogP contribution in [0.5, 0.6) is 0 Å². The van der Waals surface area contributed by atoms with E-state index in [9.17, 15) is 9.59 Å². The molecule has 2 rings (SSSR count). The van der Waals surface area contributed by atoms with Crippen LogP contribution in [0.1, 0.15) is 13.8 Å². The van der Waals surface area contributed by atoms with Gasteiger partial charge >= 0.3 is 5.97 Å². The van der Waals surface area contributed by atoms with Gasteiger partial charge in [0, 0.05) is 4.75 Å². The lowest BCUT2D eigenvalue weighted by Crippen LogP contribution is -2.68. The Labute approximate surface area is 136 Å². The predicted molar refractivity (Wildman–Crippen MR) is 83.4 cm³/mol. The molecule has 0 unspecified atom stereocenters. The average molecular weight is 492 g/mol. The van der Waals surface area contributed by atoms with Crippen molar-refractivity contribution in [2.45, 2.75) is 31.4 Å². The summed E-state index contributed by atoms with van der Waals surface area (Å²) >= 11 is 5.84. The summed E-state index contributed by atoms with van der Waals surface area (Å²) in [6, 6.07) is 1.16. The van der Waals surface area contributed by atoms with E-state index < -0.39 is 18.2 Å². The molecule has 18 heavy (non-hydrogen) atoms. The van der Waals surface area contributed by atoms with Gasteiger partial charge in [-0.3, -0.25) is 4.79 Å². The van der Waals surface area contributed by atoms with E-state index >= 15 is 0 Å². The number of ether oxygens (including phenoxy) is 1. The zero-order chi connectivity index (χ0) is 13.7. The second-order valence-electron chi connectivity index (χ2n) is 4.58. The van der Waals surface area contributed by atoms with E-state index in [2.05, 4.69) is 45.2 Å². The number of carbonyl (C=O) groups is 2. The molecule has 0 saturated carbocycles. The van der Waals surface area contributed by atoms with Crippen molar-refractivity contribution in [3.63, 3.8) is 0 Å². The van der Waals surface area contributed by atoms with Crippen LogP contribution in [0, 0.1) is 11.3 Å². The second-order valence-corrected chi connectivity index (χ2v) is 11.8. The van der Waals surface area contributed by atoms with Gasteiger partial charge in [-0.2, -0.15) is 5.26 Å². The minimum atomic E-state index is -0.606. The molecule has 0 radical (unpaired) electrons. The van der Waals surface area contributed by atoms with Gasteiger partial charge in [0.1, 0.15) is 17.5 Å². The van der Waals surface area contributed by atoms with Crippen LogP contribution in [-0.2, 0) is 14.3 Å². The van der Waals surface area contributed by atoms with Gasteiger partial charge in [-0.1, -0.05) is 45.2 Å². The number of hydrogen-bond acceptors (Lipinski definition) is 5. The normalized spacial score (nSPS) is 31.3. The number of esters is 1. The highest BCUT2D eigenvalue weighted by Crippen LogP contribution is 2.60. The lowest BCUT2D eigenvalue weighted by molar-refractivity contribution is -0.159. The molecule has 8 heteroatoms. The molecule has 0 N–H and O–H groups in total. The van der Waals surface area contributed by atoms with Crippen LogP contribution in [0.15, 0.2) is 0 Å². The van der Waals surface area contributed by atoms with Crippen molar-refractivity contribution in [3.8, 4) is 6.07 Å². The van der Waals surface area contributed by atoms with Crippen molar-refractivity contribution in [2.24, 2.45) is 0 Å². The smallest absolute Gasteiger partial charge is 0.331 e. The third-order valence-electron chi connectivity index (χ3n) is 2.94. The number of β-lactam (4-membered cyclic amide) rings is 1. The topological polar surface area (TPSA) is 70.4 Å². The third kappa shape index (κ3) is 2.02. The van der Waals surface area contributed by atoms with Crippen molar-refractivity contribution in [1.82, 2.24) is 4.90 Å². The van der Waals surface area contributed by atoms with Crippen molar-refractivity contribution >= 4 is 68.8 Å². The Hall–Kier alpha value is 0.240. The Balaban J connectivity index is 2.23. The molecule has 0 aromatic heterocycles. The average Bonchev–Trinajstić information content (AvgIpc) is 2.56. The number of fused-ring (bicyclic) bond motifs is 1. The number of hydrogen-bond donors (Lipinski definition) is 0. The molecule has 98 valence electrons. The molecule has 2 atom stereocenters. The Morgan fingerprint density at radius 3 is 2.78 bits per heavy atom. The molecule has 5 nitrogen and oxygen atoms in total. The quantitative estimate of drug-likeness (QED) is 0.254. The molecule has 0 aliphatic carbocycles. The zero-order valence-corrected chi connectivity index (χ0v) is 14.8. The van der Waals surface area contributed by atoms with Crippen LogP contribution in [-0.4, -0.2) is 41.0 Å². The van der Waals surface area contributed by atoms with E-state index in [1.54, 1.807) is 22.7 Å². The Kier molecular flexibility index (Phi) is 3.79. The number of nitrogens with zero attached hydrogens (tertiary/aromatic N) is 2. The Bertz CT molecular complexity index is 461. The van der Waals surface area contributed by atoms with Gasteiger partial charge in [-0.05, 0) is 13.8 Å². The number of carbonyl (C=O) groups excluding carboxylic acids is 2. The summed E-state index contributed by atoms with van der Waals surface area (Å²) in [4.78, 5) is 25.6. The first kappa shape index (κ1) is 14.6. The van der Waals surface area contributed by atoms with Gasteiger partial charge < -0.3 is 9.64 Å². The molecule has 0 aromatic carbocycles. The number of rotatable bonds is 2. The minimum Gasteiger partial charge on any atom is -0.449 e. The number of thioether (sulfide) groups is 1. The SMILES string of the molecule is CC1(C)S[C@H]2N(C(=O)C2(I)I)[C@H]1C(=O)OCC#N. The van der Waals surface area contributed by atoms with Crippen molar-refractivity contribution < 1.29 is 14.3 Å². The van der Waals surface area contributed by atoms with Gasteiger partial charge in [-0.15, -0.1) is 11.8 Å². The third-order valence-corrected chi connectivity index (χ3v) is 7.52. The molecule has 2 fully saturated rings. The fourth-order valence-corrected chi connectivity index (χ4v) is 5.56. The summed E-state index contributed by atoms with van der Waals surface area (Å²) in [5.74, 6) is -0.543. The first-order valence-corrected chi connectivity index (χ1v) is 8.19. The molecule has 2 aliphatic heterocycles. The molecule has 0 aromatic rings. The number of alkyl halides is 2. The fourth-order valence-electron chi connectivity index (χ4n) is 2.14. The molecular formula is C10H10I2N2O3S. The highest BCUT2D eigenvalue weighted by Gasteiger charge is 2.70. The van der Waals surface area contributed by atoms with E-state index in [4.69, 9.17) is 10.00 Å². The summed E-state index contributed by atoms with van der Waals surface area (Å²) in [5.41, 5.74) is 0. The van der Waals surface area contributed by atoms with Crippen molar-refractivity contribution in [2.75, 3.05) is 6.61 Å². The monoisotopic (exact) mass is 492 g/mol. The number of halogens is 2. The van der Waals surface area contributed by atoms with Crippen LogP contribution < -0.4 is 0 Å². The van der Waals surface area contributed by atoms with Crippen LogP contribution in [0.4, 0.5) is 0 Å². The summed E-state index contributed by atoms with van der Waals surface area (Å²) in [7, 11) is 0. The second kappa shape index (κ2) is 4.66. The van der Waals surface area contributed by atoms with Gasteiger partial charge in [0.25, 0.3) is 5.91 Å². The molecular weight excluding hydrogens is 482 g/mol. The van der Waals surface area contributed by atoms with Crippen LogP contribution in [0.3, 0.4) is 0 Å². The summed E-state index contributed by atoms with van der Waals surface area (Å²) < 4.78 is 3.99. The lowest BCUT2D eigenvalue weighted by Gasteiger charge is -2.46.